The van der Waals surface area contributed by atoms with E-state index in [1.807, 2.05) is 27.7 Å². The summed E-state index contributed by atoms with van der Waals surface area (Å²) in [6, 6.07) is 15.9. The average Bonchev–Trinajstić information content (AvgIpc) is 2.92. The third-order valence-corrected chi connectivity index (χ3v) is 8.85. The van der Waals surface area contributed by atoms with Gasteiger partial charge in [-0.15, -0.1) is 0 Å². The number of hydrogen-bond acceptors (Lipinski definition) is 5. The molecule has 3 rings (SSSR count). The normalized spacial score (nSPS) is 12.4. The van der Waals surface area contributed by atoms with Crippen molar-refractivity contribution in [2.24, 2.45) is 0 Å². The van der Waals surface area contributed by atoms with Crippen LogP contribution in [-0.4, -0.2) is 50.4 Å². The van der Waals surface area contributed by atoms with Gasteiger partial charge in [0, 0.05) is 12.1 Å². The first-order valence-corrected chi connectivity index (χ1v) is 15.7. The lowest BCUT2D eigenvalue weighted by atomic mass is 10.1. The maximum atomic E-state index is 14.1. The SMILES string of the molecule is CC[C@@H](C(=O)NC(C)(C)C)N(Cc1ccc(F)cc1)C(=O)CN(c1ccc(C)cc1)S(=O)(=O)c1ccc(OC)c(Br)c1. The summed E-state index contributed by atoms with van der Waals surface area (Å²) in [4.78, 5) is 28.8. The lowest BCUT2D eigenvalue weighted by molar-refractivity contribution is -0.141. The quantitative estimate of drug-likeness (QED) is 0.279. The molecule has 0 bridgehead atoms. The van der Waals surface area contributed by atoms with Gasteiger partial charge in [0.1, 0.15) is 24.2 Å². The molecule has 0 unspecified atom stereocenters. The van der Waals surface area contributed by atoms with Gasteiger partial charge in [0.2, 0.25) is 11.8 Å². The van der Waals surface area contributed by atoms with E-state index in [1.54, 1.807) is 31.2 Å². The molecule has 0 aliphatic heterocycles. The number of halogens is 2. The molecule has 0 spiro atoms. The van der Waals surface area contributed by atoms with Crippen molar-refractivity contribution in [1.82, 2.24) is 10.2 Å². The first-order valence-electron chi connectivity index (χ1n) is 13.4. The Kier molecular flexibility index (Phi) is 10.8. The number of methoxy groups -OCH3 is 1. The zero-order valence-corrected chi connectivity index (χ0v) is 27.1. The third-order valence-electron chi connectivity index (χ3n) is 6.46. The number of sulfonamides is 1. The van der Waals surface area contributed by atoms with Crippen LogP contribution < -0.4 is 14.4 Å². The second-order valence-electron chi connectivity index (χ2n) is 11.0. The highest BCUT2D eigenvalue weighted by Crippen LogP contribution is 2.31. The number of aryl methyl sites for hydroxylation is 1. The van der Waals surface area contributed by atoms with Crippen LogP contribution in [0.25, 0.3) is 0 Å². The summed E-state index contributed by atoms with van der Waals surface area (Å²) < 4.78 is 48.5. The van der Waals surface area contributed by atoms with Crippen LogP contribution in [0.5, 0.6) is 5.75 Å². The summed E-state index contributed by atoms with van der Waals surface area (Å²) in [7, 11) is -2.78. The van der Waals surface area contributed by atoms with Crippen molar-refractivity contribution in [3.05, 3.63) is 88.1 Å². The zero-order chi connectivity index (χ0) is 31.2. The molecule has 3 aromatic carbocycles. The third kappa shape index (κ3) is 8.32. The van der Waals surface area contributed by atoms with Crippen LogP contribution in [0.2, 0.25) is 0 Å². The van der Waals surface area contributed by atoms with Gasteiger partial charge in [-0.05, 0) is 98.1 Å². The van der Waals surface area contributed by atoms with Crippen LogP contribution in [0.4, 0.5) is 10.1 Å². The molecule has 0 radical (unpaired) electrons. The van der Waals surface area contributed by atoms with Gasteiger partial charge in [0.15, 0.2) is 0 Å². The fourth-order valence-corrected chi connectivity index (χ4v) is 6.47. The lowest BCUT2D eigenvalue weighted by Gasteiger charge is -2.34. The van der Waals surface area contributed by atoms with Crippen LogP contribution in [0.15, 0.2) is 76.1 Å². The number of carbonyl (C=O) groups is 2. The summed E-state index contributed by atoms with van der Waals surface area (Å²) in [6.45, 7) is 8.56. The molecule has 1 N–H and O–H groups in total. The van der Waals surface area contributed by atoms with Gasteiger partial charge in [0.05, 0.1) is 22.2 Å². The maximum Gasteiger partial charge on any atom is 0.264 e. The van der Waals surface area contributed by atoms with Gasteiger partial charge >= 0.3 is 0 Å². The standard InChI is InChI=1S/C31H37BrFN3O5S/c1-7-27(30(38)34-31(3,4)5)35(19-22-10-12-23(33)13-11-22)29(37)20-36(24-14-8-21(2)9-15-24)42(39,40)25-16-17-28(41-6)26(32)18-25/h8-18,27H,7,19-20H2,1-6H3,(H,34,38)/t27-/m0/s1. The number of carbonyl (C=O) groups excluding carboxylic acids is 2. The Morgan fingerprint density at radius 3 is 2.17 bits per heavy atom. The Hall–Kier alpha value is -3.44. The fourth-order valence-electron chi connectivity index (χ4n) is 4.33. The highest BCUT2D eigenvalue weighted by atomic mass is 79.9. The monoisotopic (exact) mass is 661 g/mol. The maximum absolute atomic E-state index is 14.1. The minimum Gasteiger partial charge on any atom is -0.496 e. The minimum absolute atomic E-state index is 0.0228. The Bertz CT molecular complexity index is 1510. The Labute approximate surface area is 256 Å². The molecule has 0 aromatic heterocycles. The van der Waals surface area contributed by atoms with Crippen molar-refractivity contribution in [2.45, 2.75) is 64.1 Å². The van der Waals surface area contributed by atoms with E-state index in [0.717, 1.165) is 9.87 Å². The Morgan fingerprint density at radius 1 is 1.02 bits per heavy atom. The first kappa shape index (κ1) is 33.1. The number of nitrogens with zero attached hydrogens (tertiary/aromatic N) is 2. The van der Waals surface area contributed by atoms with Crippen molar-refractivity contribution >= 4 is 43.5 Å². The summed E-state index contributed by atoms with van der Waals surface area (Å²) in [6.07, 6.45) is 0.275. The number of hydrogen-bond donors (Lipinski definition) is 1. The van der Waals surface area contributed by atoms with Crippen LogP contribution in [0.1, 0.15) is 45.2 Å². The van der Waals surface area contributed by atoms with Crippen LogP contribution >= 0.6 is 15.9 Å². The van der Waals surface area contributed by atoms with Crippen molar-refractivity contribution in [3.8, 4) is 5.75 Å². The van der Waals surface area contributed by atoms with E-state index in [0.29, 0.717) is 15.8 Å². The van der Waals surface area contributed by atoms with E-state index in [4.69, 9.17) is 4.74 Å². The zero-order valence-electron chi connectivity index (χ0n) is 24.6. The highest BCUT2D eigenvalue weighted by Gasteiger charge is 2.34. The Balaban J connectivity index is 2.09. The Morgan fingerprint density at radius 2 is 1.64 bits per heavy atom. The van der Waals surface area contributed by atoms with Gasteiger partial charge in [-0.25, -0.2) is 12.8 Å². The molecule has 0 saturated carbocycles. The first-order chi connectivity index (χ1) is 19.7. The van der Waals surface area contributed by atoms with Crippen molar-refractivity contribution in [1.29, 1.82) is 0 Å². The fraction of sp³-hybridized carbons (Fsp3) is 0.355. The molecule has 3 aromatic rings. The van der Waals surface area contributed by atoms with Gasteiger partial charge in [0.25, 0.3) is 10.0 Å². The topological polar surface area (TPSA) is 96.0 Å². The summed E-state index contributed by atoms with van der Waals surface area (Å²) in [5.41, 5.74) is 1.23. The predicted octanol–water partition coefficient (Wildman–Crippen LogP) is 5.82. The summed E-state index contributed by atoms with van der Waals surface area (Å²) in [5, 5.41) is 2.92. The van der Waals surface area contributed by atoms with E-state index in [9.17, 15) is 22.4 Å². The van der Waals surface area contributed by atoms with Gasteiger partial charge < -0.3 is 15.0 Å². The van der Waals surface area contributed by atoms with E-state index in [1.165, 1.54) is 54.5 Å². The molecule has 11 heteroatoms. The van der Waals surface area contributed by atoms with Gasteiger partial charge in [-0.3, -0.25) is 13.9 Å². The number of amides is 2. The van der Waals surface area contributed by atoms with Gasteiger partial charge in [-0.2, -0.15) is 0 Å². The summed E-state index contributed by atoms with van der Waals surface area (Å²) >= 11 is 3.34. The number of anilines is 1. The van der Waals surface area contributed by atoms with Crippen molar-refractivity contribution in [3.63, 3.8) is 0 Å². The molecule has 0 fully saturated rings. The van der Waals surface area contributed by atoms with Crippen LogP contribution in [0, 0.1) is 12.7 Å². The molecule has 226 valence electrons. The molecule has 2 amide bonds. The molecule has 0 saturated heterocycles. The second-order valence-corrected chi connectivity index (χ2v) is 13.7. The molecule has 0 aliphatic carbocycles. The van der Waals surface area contributed by atoms with Gasteiger partial charge in [-0.1, -0.05) is 36.8 Å². The number of ether oxygens (including phenoxy) is 1. The predicted molar refractivity (Wildman–Crippen MR) is 165 cm³/mol. The number of rotatable bonds is 11. The lowest BCUT2D eigenvalue weighted by Crippen LogP contribution is -2.55. The molecule has 42 heavy (non-hydrogen) atoms. The van der Waals surface area contributed by atoms with Crippen molar-refractivity contribution < 1.29 is 27.1 Å². The minimum atomic E-state index is -4.25. The molecule has 0 heterocycles. The van der Waals surface area contributed by atoms with Crippen molar-refractivity contribution in [2.75, 3.05) is 18.0 Å². The average molecular weight is 663 g/mol. The molecule has 1 atom stereocenters. The molecular formula is C31H37BrFN3O5S. The van der Waals surface area contributed by atoms with Crippen LogP contribution in [-0.2, 0) is 26.2 Å². The second kappa shape index (κ2) is 13.7. The number of benzene rings is 3. The smallest absolute Gasteiger partial charge is 0.264 e. The molecular weight excluding hydrogens is 625 g/mol. The largest absolute Gasteiger partial charge is 0.496 e. The van der Waals surface area contributed by atoms with Crippen LogP contribution in [0.3, 0.4) is 0 Å². The number of nitrogens with one attached hydrogen (secondary N) is 1. The molecule has 0 aliphatic rings. The van der Waals surface area contributed by atoms with E-state index in [-0.39, 0.29) is 29.5 Å². The van der Waals surface area contributed by atoms with E-state index >= 15 is 0 Å². The highest BCUT2D eigenvalue weighted by molar-refractivity contribution is 9.10. The van der Waals surface area contributed by atoms with E-state index < -0.39 is 39.9 Å². The molecule has 8 nitrogen and oxygen atoms in total. The van der Waals surface area contributed by atoms with E-state index in [2.05, 4.69) is 21.2 Å². The summed E-state index contributed by atoms with van der Waals surface area (Å²) in [5.74, 6) is -0.944.